The van der Waals surface area contributed by atoms with Gasteiger partial charge in [-0.05, 0) is 20.3 Å². The van der Waals surface area contributed by atoms with Crippen molar-refractivity contribution < 1.29 is 33.3 Å². The number of rotatable bonds is 7. The van der Waals surface area contributed by atoms with Crippen LogP contribution in [0, 0.1) is 5.92 Å². The summed E-state index contributed by atoms with van der Waals surface area (Å²) < 4.78 is 25.7. The molecule has 1 unspecified atom stereocenters. The molecular formula is C13H22O7. The maximum absolute atomic E-state index is 11.9. The number of methoxy groups -OCH3 is 1. The average Bonchev–Trinajstić information content (AvgIpc) is 2.40. The molecule has 0 amide bonds. The predicted molar refractivity (Wildman–Crippen MR) is 67.9 cm³/mol. The highest BCUT2D eigenvalue weighted by atomic mass is 16.7. The third-order valence-corrected chi connectivity index (χ3v) is 2.75. The van der Waals surface area contributed by atoms with Crippen LogP contribution in [0.25, 0.3) is 0 Å². The summed E-state index contributed by atoms with van der Waals surface area (Å²) in [6.45, 7) is 4.42. The van der Waals surface area contributed by atoms with Crippen molar-refractivity contribution in [1.82, 2.24) is 0 Å². The van der Waals surface area contributed by atoms with Crippen LogP contribution in [0.5, 0.6) is 0 Å². The number of esters is 2. The normalized spacial score (nSPS) is 22.6. The lowest BCUT2D eigenvalue weighted by Crippen LogP contribution is -2.46. The van der Waals surface area contributed by atoms with Crippen molar-refractivity contribution in [2.75, 3.05) is 33.5 Å². The van der Waals surface area contributed by atoms with E-state index in [9.17, 15) is 9.59 Å². The van der Waals surface area contributed by atoms with Gasteiger partial charge in [-0.15, -0.1) is 0 Å². The van der Waals surface area contributed by atoms with Gasteiger partial charge in [-0.1, -0.05) is 0 Å². The summed E-state index contributed by atoms with van der Waals surface area (Å²) in [6.07, 6.45) is -0.574. The Bertz CT molecular complexity index is 298. The van der Waals surface area contributed by atoms with E-state index in [1.807, 2.05) is 0 Å². The van der Waals surface area contributed by atoms with Gasteiger partial charge in [-0.2, -0.15) is 0 Å². The monoisotopic (exact) mass is 290 g/mol. The largest absolute Gasteiger partial charge is 0.465 e. The summed E-state index contributed by atoms with van der Waals surface area (Å²) in [5.74, 6) is -2.63. The van der Waals surface area contributed by atoms with E-state index in [2.05, 4.69) is 0 Å². The molecule has 1 heterocycles. The molecular weight excluding hydrogens is 268 g/mol. The number of ether oxygens (including phenoxy) is 5. The highest BCUT2D eigenvalue weighted by Gasteiger charge is 2.42. The van der Waals surface area contributed by atoms with Gasteiger partial charge in [0.25, 0.3) is 0 Å². The second-order valence-electron chi connectivity index (χ2n) is 4.22. The Hall–Kier alpha value is -1.18. The number of hydrogen-bond acceptors (Lipinski definition) is 7. The minimum Gasteiger partial charge on any atom is -0.465 e. The second kappa shape index (κ2) is 8.89. The molecule has 2 atom stereocenters. The molecule has 0 spiro atoms. The number of carbonyl (C=O) groups is 2. The van der Waals surface area contributed by atoms with Crippen LogP contribution in [-0.2, 0) is 33.3 Å². The SMILES string of the molecule is CCOC(=O)C(C(=O)OCC)C1OCC[C@@H](COC)O1. The first-order chi connectivity index (χ1) is 9.63. The zero-order valence-corrected chi connectivity index (χ0v) is 12.1. The van der Waals surface area contributed by atoms with Gasteiger partial charge in [-0.25, -0.2) is 0 Å². The van der Waals surface area contributed by atoms with Crippen LogP contribution >= 0.6 is 0 Å². The van der Waals surface area contributed by atoms with Crippen LogP contribution in [0.3, 0.4) is 0 Å². The predicted octanol–water partition coefficient (Wildman–Crippen LogP) is 0.507. The van der Waals surface area contributed by atoms with Crippen LogP contribution in [0.15, 0.2) is 0 Å². The minimum absolute atomic E-state index is 0.170. The third-order valence-electron chi connectivity index (χ3n) is 2.75. The quantitative estimate of drug-likeness (QED) is 0.499. The summed E-state index contributed by atoms with van der Waals surface area (Å²) in [5, 5.41) is 0. The van der Waals surface area contributed by atoms with Crippen molar-refractivity contribution >= 4 is 11.9 Å². The summed E-state index contributed by atoms with van der Waals surface area (Å²) in [5.41, 5.74) is 0. The Balaban J connectivity index is 2.75. The fourth-order valence-corrected chi connectivity index (χ4v) is 1.88. The Morgan fingerprint density at radius 1 is 1.20 bits per heavy atom. The standard InChI is InChI=1S/C13H22O7/c1-4-17-11(14)10(12(15)18-5-2)13-19-7-6-9(20-13)8-16-3/h9-10,13H,4-8H2,1-3H3/t9-,13?/m0/s1. The summed E-state index contributed by atoms with van der Waals surface area (Å²) in [6, 6.07) is 0. The van der Waals surface area contributed by atoms with Crippen LogP contribution in [0.2, 0.25) is 0 Å². The van der Waals surface area contributed by atoms with Crippen molar-refractivity contribution in [1.29, 1.82) is 0 Å². The smallest absolute Gasteiger partial charge is 0.325 e. The molecule has 20 heavy (non-hydrogen) atoms. The minimum atomic E-state index is -1.23. The Labute approximate surface area is 118 Å². The van der Waals surface area contributed by atoms with E-state index in [1.54, 1.807) is 21.0 Å². The van der Waals surface area contributed by atoms with Gasteiger partial charge < -0.3 is 23.7 Å². The van der Waals surface area contributed by atoms with Crippen LogP contribution in [-0.4, -0.2) is 57.9 Å². The third kappa shape index (κ3) is 4.73. The Morgan fingerprint density at radius 3 is 2.30 bits per heavy atom. The van der Waals surface area contributed by atoms with Crippen LogP contribution < -0.4 is 0 Å². The van der Waals surface area contributed by atoms with Gasteiger partial charge in [0.1, 0.15) is 0 Å². The van der Waals surface area contributed by atoms with Gasteiger partial charge in [0.2, 0.25) is 5.92 Å². The Morgan fingerprint density at radius 2 is 1.80 bits per heavy atom. The van der Waals surface area contributed by atoms with Crippen molar-refractivity contribution in [2.24, 2.45) is 5.92 Å². The average molecular weight is 290 g/mol. The molecule has 0 aromatic rings. The summed E-state index contributed by atoms with van der Waals surface area (Å²) >= 11 is 0. The fraction of sp³-hybridized carbons (Fsp3) is 0.846. The first-order valence-electron chi connectivity index (χ1n) is 6.73. The zero-order chi connectivity index (χ0) is 15.0. The lowest BCUT2D eigenvalue weighted by Gasteiger charge is -2.32. The molecule has 0 aliphatic carbocycles. The molecule has 0 radical (unpaired) electrons. The highest BCUT2D eigenvalue weighted by Crippen LogP contribution is 2.22. The molecule has 1 aliphatic heterocycles. The Kier molecular flexibility index (Phi) is 7.50. The molecule has 1 aliphatic rings. The molecule has 0 aromatic heterocycles. The highest BCUT2D eigenvalue weighted by molar-refractivity contribution is 5.95. The first-order valence-corrected chi connectivity index (χ1v) is 6.73. The van der Waals surface area contributed by atoms with Crippen molar-refractivity contribution in [3.63, 3.8) is 0 Å². The van der Waals surface area contributed by atoms with Gasteiger partial charge in [0, 0.05) is 7.11 Å². The van der Waals surface area contributed by atoms with Gasteiger partial charge in [0.15, 0.2) is 6.29 Å². The maximum atomic E-state index is 11.9. The van der Waals surface area contributed by atoms with E-state index in [1.165, 1.54) is 0 Å². The van der Waals surface area contributed by atoms with Crippen LogP contribution in [0.4, 0.5) is 0 Å². The molecule has 7 heteroatoms. The summed E-state index contributed by atoms with van der Waals surface area (Å²) in [4.78, 5) is 23.8. The second-order valence-corrected chi connectivity index (χ2v) is 4.22. The van der Waals surface area contributed by atoms with E-state index in [0.29, 0.717) is 19.6 Å². The molecule has 116 valence electrons. The zero-order valence-electron chi connectivity index (χ0n) is 12.1. The van der Waals surface area contributed by atoms with E-state index < -0.39 is 24.1 Å². The number of carbonyl (C=O) groups excluding carboxylic acids is 2. The molecule has 1 fully saturated rings. The molecule has 1 rings (SSSR count). The van der Waals surface area contributed by atoms with E-state index >= 15 is 0 Å². The van der Waals surface area contributed by atoms with Gasteiger partial charge in [-0.3, -0.25) is 9.59 Å². The summed E-state index contributed by atoms with van der Waals surface area (Å²) in [7, 11) is 1.56. The van der Waals surface area contributed by atoms with Gasteiger partial charge in [0.05, 0.1) is 32.5 Å². The lowest BCUT2D eigenvalue weighted by atomic mass is 10.1. The number of hydrogen-bond donors (Lipinski definition) is 0. The molecule has 0 aromatic carbocycles. The molecule has 0 saturated carbocycles. The van der Waals surface area contributed by atoms with Crippen molar-refractivity contribution in [3.05, 3.63) is 0 Å². The van der Waals surface area contributed by atoms with E-state index in [0.717, 1.165) is 0 Å². The maximum Gasteiger partial charge on any atom is 0.325 e. The fourth-order valence-electron chi connectivity index (χ4n) is 1.88. The van der Waals surface area contributed by atoms with Crippen LogP contribution in [0.1, 0.15) is 20.3 Å². The van der Waals surface area contributed by atoms with Gasteiger partial charge >= 0.3 is 11.9 Å². The topological polar surface area (TPSA) is 80.3 Å². The van der Waals surface area contributed by atoms with Crippen molar-refractivity contribution in [3.8, 4) is 0 Å². The lowest BCUT2D eigenvalue weighted by molar-refractivity contribution is -0.247. The molecule has 0 N–H and O–H groups in total. The van der Waals surface area contributed by atoms with Crippen molar-refractivity contribution in [2.45, 2.75) is 32.7 Å². The molecule has 7 nitrogen and oxygen atoms in total. The first kappa shape index (κ1) is 16.9. The molecule has 1 saturated heterocycles. The molecule has 0 bridgehead atoms. The van der Waals surface area contributed by atoms with E-state index in [-0.39, 0.29) is 19.3 Å². The van der Waals surface area contributed by atoms with E-state index in [4.69, 9.17) is 23.7 Å².